The molecule has 0 radical (unpaired) electrons. The summed E-state index contributed by atoms with van der Waals surface area (Å²) in [7, 11) is 0. The molecule has 0 saturated heterocycles. The number of hydrogen-bond acceptors (Lipinski definition) is 1. The summed E-state index contributed by atoms with van der Waals surface area (Å²) in [6.45, 7) is 0. The Kier molecular flexibility index (Phi) is 3.26. The number of hydrogen-bond donors (Lipinski definition) is 2. The molecule has 3 nitrogen and oxygen atoms in total. The average molecular weight is 276 g/mol. The first-order chi connectivity index (χ1) is 9.63. The minimum Gasteiger partial charge on any atom is -0.313 e. The standard InChI is InChI=1S/C15H14F2N2O/c16-10-4-5-13(14(17)7-10)12-3-1-2-9(12)6-11-8-18-15(20)19-11/h3-5,7-9H,1-2,6H2,(H2,18,19,20). The van der Waals surface area contributed by atoms with Gasteiger partial charge in [0.1, 0.15) is 11.6 Å². The Morgan fingerprint density at radius 2 is 2.15 bits per heavy atom. The summed E-state index contributed by atoms with van der Waals surface area (Å²) < 4.78 is 26.9. The maximum absolute atomic E-state index is 13.9. The number of nitrogens with one attached hydrogen (secondary N) is 2. The van der Waals surface area contributed by atoms with Crippen LogP contribution in [0.2, 0.25) is 0 Å². The predicted octanol–water partition coefficient (Wildman–Crippen LogP) is 3.02. The van der Waals surface area contributed by atoms with Gasteiger partial charge in [-0.1, -0.05) is 6.08 Å². The van der Waals surface area contributed by atoms with Crippen LogP contribution in [0.1, 0.15) is 24.1 Å². The van der Waals surface area contributed by atoms with E-state index in [4.69, 9.17) is 0 Å². The first-order valence-corrected chi connectivity index (χ1v) is 6.55. The van der Waals surface area contributed by atoms with E-state index in [-0.39, 0.29) is 11.6 Å². The number of benzene rings is 1. The second kappa shape index (κ2) is 5.07. The van der Waals surface area contributed by atoms with Gasteiger partial charge in [-0.2, -0.15) is 0 Å². The maximum atomic E-state index is 13.9. The molecule has 1 aliphatic rings. The Bertz CT molecular complexity index is 715. The van der Waals surface area contributed by atoms with Gasteiger partial charge in [-0.15, -0.1) is 0 Å². The molecule has 1 aromatic heterocycles. The van der Waals surface area contributed by atoms with E-state index in [1.807, 2.05) is 6.08 Å². The van der Waals surface area contributed by atoms with Gasteiger partial charge >= 0.3 is 5.69 Å². The van der Waals surface area contributed by atoms with Crippen molar-refractivity contribution in [2.75, 3.05) is 0 Å². The molecule has 1 unspecified atom stereocenters. The van der Waals surface area contributed by atoms with Crippen molar-refractivity contribution in [3.05, 3.63) is 63.8 Å². The van der Waals surface area contributed by atoms with Gasteiger partial charge in [-0.3, -0.25) is 0 Å². The van der Waals surface area contributed by atoms with E-state index in [1.54, 1.807) is 6.20 Å². The molecule has 0 saturated carbocycles. The Morgan fingerprint density at radius 1 is 1.30 bits per heavy atom. The fourth-order valence-electron chi connectivity index (χ4n) is 2.77. The summed E-state index contributed by atoms with van der Waals surface area (Å²) in [5, 5.41) is 0. The first-order valence-electron chi connectivity index (χ1n) is 6.55. The van der Waals surface area contributed by atoms with Crippen molar-refractivity contribution in [2.24, 2.45) is 5.92 Å². The highest BCUT2D eigenvalue weighted by Gasteiger charge is 2.23. The van der Waals surface area contributed by atoms with E-state index in [9.17, 15) is 13.6 Å². The Labute approximate surface area is 114 Å². The van der Waals surface area contributed by atoms with Crippen LogP contribution in [0.4, 0.5) is 8.78 Å². The molecule has 0 amide bonds. The lowest BCUT2D eigenvalue weighted by atomic mass is 9.91. The normalized spacial score (nSPS) is 18.3. The molecule has 3 rings (SSSR count). The van der Waals surface area contributed by atoms with E-state index in [1.165, 1.54) is 12.1 Å². The van der Waals surface area contributed by atoms with Crippen LogP contribution in [0.3, 0.4) is 0 Å². The van der Waals surface area contributed by atoms with Gasteiger partial charge in [0.25, 0.3) is 0 Å². The Balaban J connectivity index is 1.86. The van der Waals surface area contributed by atoms with E-state index in [0.29, 0.717) is 12.0 Å². The van der Waals surface area contributed by atoms with Crippen LogP contribution >= 0.6 is 0 Å². The van der Waals surface area contributed by atoms with Crippen LogP contribution in [0, 0.1) is 17.6 Å². The van der Waals surface area contributed by atoms with Crippen molar-refractivity contribution < 1.29 is 8.78 Å². The van der Waals surface area contributed by atoms with Crippen molar-refractivity contribution in [1.29, 1.82) is 0 Å². The minimum atomic E-state index is -0.573. The van der Waals surface area contributed by atoms with Gasteiger partial charge in [0.15, 0.2) is 0 Å². The number of allylic oxidation sites excluding steroid dienone is 2. The molecule has 1 atom stereocenters. The van der Waals surface area contributed by atoms with Crippen molar-refractivity contribution >= 4 is 5.57 Å². The molecule has 20 heavy (non-hydrogen) atoms. The second-order valence-electron chi connectivity index (χ2n) is 5.03. The Morgan fingerprint density at radius 3 is 2.85 bits per heavy atom. The fourth-order valence-corrected chi connectivity index (χ4v) is 2.77. The summed E-state index contributed by atoms with van der Waals surface area (Å²) in [5.74, 6) is -0.969. The first kappa shape index (κ1) is 12.8. The third kappa shape index (κ3) is 2.43. The molecule has 0 spiro atoms. The van der Waals surface area contributed by atoms with Gasteiger partial charge in [0.2, 0.25) is 0 Å². The zero-order valence-electron chi connectivity index (χ0n) is 10.7. The molecule has 5 heteroatoms. The molecular weight excluding hydrogens is 262 g/mol. The number of rotatable bonds is 3. The highest BCUT2D eigenvalue weighted by Crippen LogP contribution is 2.36. The molecule has 0 fully saturated rings. The van der Waals surface area contributed by atoms with E-state index in [2.05, 4.69) is 9.97 Å². The van der Waals surface area contributed by atoms with Gasteiger partial charge in [-0.25, -0.2) is 13.6 Å². The topological polar surface area (TPSA) is 48.6 Å². The molecule has 2 N–H and O–H groups in total. The number of imidazole rings is 1. The number of halogens is 2. The quantitative estimate of drug-likeness (QED) is 0.889. The summed E-state index contributed by atoms with van der Waals surface area (Å²) in [6, 6.07) is 3.66. The molecule has 104 valence electrons. The molecule has 2 aromatic rings. The average Bonchev–Trinajstić information content (AvgIpc) is 3.00. The SMILES string of the molecule is O=c1[nH]cc(CC2CCC=C2c2ccc(F)cc2F)[nH]1. The van der Waals surface area contributed by atoms with Crippen molar-refractivity contribution in [3.8, 4) is 0 Å². The van der Waals surface area contributed by atoms with Crippen LogP contribution in [0.15, 0.2) is 35.3 Å². The van der Waals surface area contributed by atoms with Gasteiger partial charge in [0, 0.05) is 23.5 Å². The van der Waals surface area contributed by atoms with Crippen LogP contribution < -0.4 is 5.69 Å². The second-order valence-corrected chi connectivity index (χ2v) is 5.03. The number of aromatic nitrogens is 2. The summed E-state index contributed by atoms with van der Waals surface area (Å²) in [4.78, 5) is 16.3. The van der Waals surface area contributed by atoms with Crippen molar-refractivity contribution in [1.82, 2.24) is 9.97 Å². The lowest BCUT2D eigenvalue weighted by Gasteiger charge is -2.15. The summed E-state index contributed by atoms with van der Waals surface area (Å²) >= 11 is 0. The van der Waals surface area contributed by atoms with Crippen molar-refractivity contribution in [3.63, 3.8) is 0 Å². The maximum Gasteiger partial charge on any atom is 0.323 e. The van der Waals surface area contributed by atoms with Crippen LogP contribution in [-0.2, 0) is 6.42 Å². The highest BCUT2D eigenvalue weighted by atomic mass is 19.1. The molecule has 0 bridgehead atoms. The van der Waals surface area contributed by atoms with E-state index in [0.717, 1.165) is 30.2 Å². The third-order valence-electron chi connectivity index (χ3n) is 3.68. The Hall–Kier alpha value is -2.17. The van der Waals surface area contributed by atoms with Crippen LogP contribution in [-0.4, -0.2) is 9.97 Å². The van der Waals surface area contributed by atoms with Gasteiger partial charge in [0.05, 0.1) is 0 Å². The lowest BCUT2D eigenvalue weighted by molar-refractivity contribution is 0.575. The van der Waals surface area contributed by atoms with Crippen LogP contribution in [0.25, 0.3) is 5.57 Å². The molecule has 1 heterocycles. The van der Waals surface area contributed by atoms with E-state index >= 15 is 0 Å². The zero-order valence-corrected chi connectivity index (χ0v) is 10.7. The van der Waals surface area contributed by atoms with Crippen molar-refractivity contribution in [2.45, 2.75) is 19.3 Å². The third-order valence-corrected chi connectivity index (χ3v) is 3.68. The molecular formula is C15H14F2N2O. The van der Waals surface area contributed by atoms with Crippen LogP contribution in [0.5, 0.6) is 0 Å². The molecule has 1 aliphatic carbocycles. The lowest BCUT2D eigenvalue weighted by Crippen LogP contribution is -2.07. The largest absolute Gasteiger partial charge is 0.323 e. The fraction of sp³-hybridized carbons (Fsp3) is 0.267. The summed E-state index contributed by atoms with van der Waals surface area (Å²) in [6.07, 6.45) is 6.04. The van der Waals surface area contributed by atoms with Gasteiger partial charge in [-0.05, 0) is 42.9 Å². The summed E-state index contributed by atoms with van der Waals surface area (Å²) in [5.41, 5.74) is 1.91. The predicted molar refractivity (Wildman–Crippen MR) is 72.2 cm³/mol. The van der Waals surface area contributed by atoms with Gasteiger partial charge < -0.3 is 9.97 Å². The number of aromatic amines is 2. The minimum absolute atomic E-state index is 0.140. The zero-order chi connectivity index (χ0) is 14.1. The number of H-pyrrole nitrogens is 2. The molecule has 0 aliphatic heterocycles. The highest BCUT2D eigenvalue weighted by molar-refractivity contribution is 5.69. The monoisotopic (exact) mass is 276 g/mol. The smallest absolute Gasteiger partial charge is 0.313 e. The molecule has 1 aromatic carbocycles. The van der Waals surface area contributed by atoms with E-state index < -0.39 is 11.6 Å².